The van der Waals surface area contributed by atoms with Crippen LogP contribution in [0.5, 0.6) is 5.75 Å². The van der Waals surface area contributed by atoms with E-state index >= 15 is 0 Å². The molecule has 1 atom stereocenters. The van der Waals surface area contributed by atoms with Crippen molar-refractivity contribution in [1.29, 1.82) is 0 Å². The predicted octanol–water partition coefficient (Wildman–Crippen LogP) is 2.10. The van der Waals surface area contributed by atoms with Crippen LogP contribution < -0.4 is 4.74 Å². The molecule has 1 saturated heterocycles. The van der Waals surface area contributed by atoms with E-state index in [-0.39, 0.29) is 17.9 Å². The SMILES string of the molecule is COc1ccc([C@H]2Cn3cnc(C(=O)N4CCC(C(=O)O)CC4)c3CO2)cc1. The van der Waals surface area contributed by atoms with Gasteiger partial charge in [0.25, 0.3) is 5.91 Å². The van der Waals surface area contributed by atoms with Gasteiger partial charge in [-0.15, -0.1) is 0 Å². The summed E-state index contributed by atoms with van der Waals surface area (Å²) in [5.74, 6) is -0.510. The monoisotopic (exact) mass is 385 g/mol. The van der Waals surface area contributed by atoms with Crippen LogP contribution in [0.15, 0.2) is 30.6 Å². The summed E-state index contributed by atoms with van der Waals surface area (Å²) in [5, 5.41) is 9.11. The second-order valence-electron chi connectivity index (χ2n) is 7.17. The van der Waals surface area contributed by atoms with E-state index in [2.05, 4.69) is 4.98 Å². The van der Waals surface area contributed by atoms with Crippen molar-refractivity contribution in [2.75, 3.05) is 20.2 Å². The molecule has 148 valence electrons. The fraction of sp³-hybridized carbons (Fsp3) is 0.450. The van der Waals surface area contributed by atoms with E-state index in [1.54, 1.807) is 18.3 Å². The van der Waals surface area contributed by atoms with Crippen LogP contribution in [0.4, 0.5) is 0 Å². The molecule has 4 rings (SSSR count). The minimum absolute atomic E-state index is 0.109. The third-order valence-electron chi connectivity index (χ3n) is 5.55. The standard InChI is InChI=1S/C20H23N3O5/c1-27-15-4-2-13(3-5-15)17-10-23-12-21-18(16(23)11-28-17)19(24)22-8-6-14(7-9-22)20(25)26/h2-5,12,14,17H,6-11H2,1H3,(H,25,26)/t17-/m1/s1. The molecule has 0 spiro atoms. The van der Waals surface area contributed by atoms with E-state index in [4.69, 9.17) is 14.6 Å². The summed E-state index contributed by atoms with van der Waals surface area (Å²) >= 11 is 0. The molecule has 0 saturated carbocycles. The molecule has 1 amide bonds. The Kier molecular flexibility index (Phi) is 5.04. The summed E-state index contributed by atoms with van der Waals surface area (Å²) < 4.78 is 13.2. The summed E-state index contributed by atoms with van der Waals surface area (Å²) in [6.45, 7) is 1.78. The zero-order valence-corrected chi connectivity index (χ0v) is 15.7. The van der Waals surface area contributed by atoms with Crippen LogP contribution in [0.25, 0.3) is 0 Å². The molecular formula is C20H23N3O5. The number of benzene rings is 1. The van der Waals surface area contributed by atoms with E-state index in [0.29, 0.717) is 44.8 Å². The van der Waals surface area contributed by atoms with Crippen LogP contribution >= 0.6 is 0 Å². The van der Waals surface area contributed by atoms with Gasteiger partial charge in [-0.25, -0.2) is 4.98 Å². The largest absolute Gasteiger partial charge is 0.497 e. The van der Waals surface area contributed by atoms with E-state index in [1.807, 2.05) is 28.8 Å². The number of aliphatic carboxylic acids is 1. The molecule has 3 heterocycles. The van der Waals surface area contributed by atoms with E-state index < -0.39 is 5.97 Å². The number of aromatic nitrogens is 2. The maximum absolute atomic E-state index is 12.9. The average Bonchev–Trinajstić information content (AvgIpc) is 3.16. The molecule has 1 N–H and O–H groups in total. The van der Waals surface area contributed by atoms with Gasteiger partial charge >= 0.3 is 5.97 Å². The Morgan fingerprint density at radius 1 is 1.21 bits per heavy atom. The summed E-state index contributed by atoms with van der Waals surface area (Å²) in [6.07, 6.45) is 2.54. The van der Waals surface area contributed by atoms with Gasteiger partial charge in [0.1, 0.15) is 11.9 Å². The fourth-order valence-corrected chi connectivity index (χ4v) is 3.81. The van der Waals surface area contributed by atoms with Crippen molar-refractivity contribution in [2.45, 2.75) is 32.1 Å². The summed E-state index contributed by atoms with van der Waals surface area (Å²) in [7, 11) is 1.63. The van der Waals surface area contributed by atoms with Crippen LogP contribution in [-0.2, 0) is 22.7 Å². The highest BCUT2D eigenvalue weighted by Gasteiger charge is 2.32. The Labute approximate surface area is 162 Å². The third kappa shape index (κ3) is 3.47. The number of hydrogen-bond donors (Lipinski definition) is 1. The zero-order chi connectivity index (χ0) is 19.7. The quantitative estimate of drug-likeness (QED) is 0.866. The Hall–Kier alpha value is -2.87. The number of likely N-dealkylation sites (tertiary alicyclic amines) is 1. The van der Waals surface area contributed by atoms with Gasteiger partial charge in [0.05, 0.1) is 38.2 Å². The molecule has 2 aromatic rings. The smallest absolute Gasteiger partial charge is 0.306 e. The first kappa shape index (κ1) is 18.5. The van der Waals surface area contributed by atoms with Crippen molar-refractivity contribution in [3.05, 3.63) is 47.5 Å². The van der Waals surface area contributed by atoms with Gasteiger partial charge in [0, 0.05) is 13.1 Å². The molecule has 0 radical (unpaired) electrons. The number of nitrogens with zero attached hydrogens (tertiary/aromatic N) is 3. The average molecular weight is 385 g/mol. The van der Waals surface area contributed by atoms with Crippen LogP contribution in [-0.4, -0.2) is 51.6 Å². The molecular weight excluding hydrogens is 362 g/mol. The molecule has 28 heavy (non-hydrogen) atoms. The number of fused-ring (bicyclic) bond motifs is 1. The van der Waals surface area contributed by atoms with Crippen molar-refractivity contribution in [1.82, 2.24) is 14.5 Å². The minimum atomic E-state index is -0.788. The van der Waals surface area contributed by atoms with Gasteiger partial charge < -0.3 is 24.0 Å². The molecule has 1 aromatic carbocycles. The Balaban J connectivity index is 1.45. The molecule has 1 aromatic heterocycles. The van der Waals surface area contributed by atoms with Crippen molar-refractivity contribution in [2.24, 2.45) is 5.92 Å². The second-order valence-corrected chi connectivity index (χ2v) is 7.17. The number of amides is 1. The Morgan fingerprint density at radius 2 is 1.93 bits per heavy atom. The third-order valence-corrected chi connectivity index (χ3v) is 5.55. The Bertz CT molecular complexity index is 868. The number of rotatable bonds is 4. The summed E-state index contributed by atoms with van der Waals surface area (Å²) in [4.78, 5) is 30.0. The highest BCUT2D eigenvalue weighted by Crippen LogP contribution is 2.29. The van der Waals surface area contributed by atoms with Gasteiger partial charge in [-0.1, -0.05) is 12.1 Å². The molecule has 0 bridgehead atoms. The lowest BCUT2D eigenvalue weighted by atomic mass is 9.97. The summed E-state index contributed by atoms with van der Waals surface area (Å²) in [6, 6.07) is 7.75. The first-order valence-electron chi connectivity index (χ1n) is 9.38. The highest BCUT2D eigenvalue weighted by molar-refractivity contribution is 5.93. The van der Waals surface area contributed by atoms with Crippen LogP contribution in [0, 0.1) is 5.92 Å². The van der Waals surface area contributed by atoms with Crippen molar-refractivity contribution < 1.29 is 24.2 Å². The van der Waals surface area contributed by atoms with Crippen molar-refractivity contribution in [3.8, 4) is 5.75 Å². The lowest BCUT2D eigenvalue weighted by molar-refractivity contribution is -0.143. The molecule has 1 fully saturated rings. The van der Waals surface area contributed by atoms with Crippen LogP contribution in [0.3, 0.4) is 0 Å². The lowest BCUT2D eigenvalue weighted by Gasteiger charge is -2.30. The Morgan fingerprint density at radius 3 is 2.57 bits per heavy atom. The summed E-state index contributed by atoms with van der Waals surface area (Å²) in [5.41, 5.74) is 2.22. The van der Waals surface area contributed by atoms with Gasteiger partial charge in [-0.3, -0.25) is 9.59 Å². The predicted molar refractivity (Wildman–Crippen MR) is 99.0 cm³/mol. The number of carboxylic acids is 1. The van der Waals surface area contributed by atoms with E-state index in [0.717, 1.165) is 17.0 Å². The maximum Gasteiger partial charge on any atom is 0.306 e. The second kappa shape index (κ2) is 7.63. The first-order valence-corrected chi connectivity index (χ1v) is 9.38. The molecule has 0 aliphatic carbocycles. The molecule has 2 aliphatic rings. The first-order chi connectivity index (χ1) is 13.6. The zero-order valence-electron chi connectivity index (χ0n) is 15.7. The van der Waals surface area contributed by atoms with E-state index in [1.165, 1.54) is 0 Å². The number of carbonyl (C=O) groups is 2. The number of hydrogen-bond acceptors (Lipinski definition) is 5. The molecule has 8 heteroatoms. The number of ether oxygens (including phenoxy) is 2. The van der Waals surface area contributed by atoms with Gasteiger partial charge in [0.15, 0.2) is 5.69 Å². The van der Waals surface area contributed by atoms with Crippen molar-refractivity contribution >= 4 is 11.9 Å². The van der Waals surface area contributed by atoms with Crippen LogP contribution in [0.2, 0.25) is 0 Å². The fourth-order valence-electron chi connectivity index (χ4n) is 3.81. The number of carbonyl (C=O) groups excluding carboxylic acids is 1. The number of piperidine rings is 1. The molecule has 2 aliphatic heterocycles. The topological polar surface area (TPSA) is 93.9 Å². The maximum atomic E-state index is 12.9. The molecule has 0 unspecified atom stereocenters. The van der Waals surface area contributed by atoms with Crippen LogP contribution in [0.1, 0.15) is 40.7 Å². The van der Waals surface area contributed by atoms with Gasteiger partial charge in [0.2, 0.25) is 0 Å². The lowest BCUT2D eigenvalue weighted by Crippen LogP contribution is -2.41. The van der Waals surface area contributed by atoms with Gasteiger partial charge in [-0.05, 0) is 30.5 Å². The van der Waals surface area contributed by atoms with Crippen molar-refractivity contribution in [3.63, 3.8) is 0 Å². The number of imidazole rings is 1. The molecule has 8 nitrogen and oxygen atoms in total. The number of methoxy groups -OCH3 is 1. The van der Waals surface area contributed by atoms with Gasteiger partial charge in [-0.2, -0.15) is 0 Å². The highest BCUT2D eigenvalue weighted by atomic mass is 16.5. The van der Waals surface area contributed by atoms with E-state index in [9.17, 15) is 9.59 Å². The normalized spacial score (nSPS) is 19.9. The minimum Gasteiger partial charge on any atom is -0.497 e. The number of carboxylic acid groups (broad SMARTS) is 1.